The average Bonchev–Trinajstić information content (AvgIpc) is 3.32. The van der Waals surface area contributed by atoms with Gasteiger partial charge in [0.1, 0.15) is 47.4 Å². The molecule has 0 spiro atoms. The van der Waals surface area contributed by atoms with E-state index in [0.29, 0.717) is 116 Å². The van der Waals surface area contributed by atoms with Gasteiger partial charge < -0.3 is 57.6 Å². The van der Waals surface area contributed by atoms with E-state index in [1.165, 1.54) is 99.3 Å². The first kappa shape index (κ1) is 58.2. The van der Waals surface area contributed by atoms with Crippen LogP contribution in [0.2, 0.25) is 0 Å². The lowest BCUT2D eigenvalue weighted by Gasteiger charge is -2.49. The van der Waals surface area contributed by atoms with Crippen molar-refractivity contribution in [3.05, 3.63) is 46.5 Å². The van der Waals surface area contributed by atoms with Gasteiger partial charge in [-0.3, -0.25) is 0 Å². The molecule has 0 radical (unpaired) electrons. The van der Waals surface area contributed by atoms with Gasteiger partial charge in [0.15, 0.2) is 0 Å². The van der Waals surface area contributed by atoms with Crippen LogP contribution in [0.5, 0.6) is 23.0 Å². The van der Waals surface area contributed by atoms with E-state index in [9.17, 15) is 0 Å². The number of fused-ring (bicyclic) bond motifs is 6. The second-order valence-electron chi connectivity index (χ2n) is 21.4. The molecule has 12 heteroatoms. The minimum Gasteiger partial charge on any atom is -0.491 e. The quantitative estimate of drug-likeness (QED) is 0.0676. The Morgan fingerprint density at radius 3 is 1.16 bits per heavy atom. The number of hydrogen-bond donors (Lipinski definition) is 2. The maximum atomic E-state index is 8.69. The SMILES string of the molecule is CCCCCc1cc(OCCOCCOCCOCCO)c2c(c1)OC(C)(C)[C@@H]1CC[C@@H](C)C[C@@H]21.CCCCCc1cc(OCCOCCOCCOCCO)c2c(c1)OC(C)(C)[C@@H]1CC[C@H](C)C[C@@H]21. The summed E-state index contributed by atoms with van der Waals surface area (Å²) in [6.07, 6.45) is 16.8. The van der Waals surface area contributed by atoms with E-state index >= 15 is 0 Å². The molecule has 400 valence electrons. The highest BCUT2D eigenvalue weighted by molar-refractivity contribution is 5.54. The molecule has 2 fully saturated rings. The number of hydrogen-bond acceptors (Lipinski definition) is 12. The predicted octanol–water partition coefficient (Wildman–Crippen LogP) is 11.1. The van der Waals surface area contributed by atoms with E-state index in [2.05, 4.69) is 79.7 Å². The van der Waals surface area contributed by atoms with Crippen molar-refractivity contribution in [1.82, 2.24) is 0 Å². The number of ether oxygens (including phenoxy) is 10. The largest absolute Gasteiger partial charge is 0.491 e. The Bertz CT molecular complexity index is 1620. The molecule has 0 saturated heterocycles. The number of unbranched alkanes of at least 4 members (excludes halogenated alkanes) is 4. The molecule has 2 N–H and O–H groups in total. The van der Waals surface area contributed by atoms with Crippen molar-refractivity contribution < 1.29 is 57.6 Å². The van der Waals surface area contributed by atoms with Crippen LogP contribution in [-0.4, -0.2) is 127 Å². The van der Waals surface area contributed by atoms with Gasteiger partial charge in [0, 0.05) is 23.0 Å². The molecular formula is C58H96O12. The molecule has 2 aliphatic carbocycles. The van der Waals surface area contributed by atoms with E-state index in [-0.39, 0.29) is 24.4 Å². The summed E-state index contributed by atoms with van der Waals surface area (Å²) in [5.74, 6) is 7.53. The van der Waals surface area contributed by atoms with Crippen molar-refractivity contribution in [2.24, 2.45) is 23.7 Å². The number of aryl methyl sites for hydroxylation is 2. The van der Waals surface area contributed by atoms with Gasteiger partial charge in [0.2, 0.25) is 0 Å². The summed E-state index contributed by atoms with van der Waals surface area (Å²) in [6.45, 7) is 25.3. The minimum atomic E-state index is -0.149. The van der Waals surface area contributed by atoms with Crippen molar-refractivity contribution >= 4 is 0 Å². The topological polar surface area (TPSA) is 133 Å². The lowest BCUT2D eigenvalue weighted by atomic mass is 9.64. The maximum Gasteiger partial charge on any atom is 0.127 e. The van der Waals surface area contributed by atoms with Gasteiger partial charge in [0.25, 0.3) is 0 Å². The second-order valence-corrected chi connectivity index (χ2v) is 21.4. The Labute approximate surface area is 423 Å². The maximum absolute atomic E-state index is 8.69. The van der Waals surface area contributed by atoms with E-state index in [1.807, 2.05) is 0 Å². The number of rotatable bonds is 32. The average molecular weight is 985 g/mol. The van der Waals surface area contributed by atoms with E-state index in [1.54, 1.807) is 0 Å². The molecule has 6 rings (SSSR count). The molecule has 2 aromatic carbocycles. The van der Waals surface area contributed by atoms with Gasteiger partial charge in [-0.25, -0.2) is 0 Å². The summed E-state index contributed by atoms with van der Waals surface area (Å²) in [4.78, 5) is 0. The predicted molar refractivity (Wildman–Crippen MR) is 277 cm³/mol. The molecule has 4 aliphatic rings. The molecule has 0 amide bonds. The van der Waals surface area contributed by atoms with E-state index in [0.717, 1.165) is 47.7 Å². The first-order valence-corrected chi connectivity index (χ1v) is 27.6. The van der Waals surface area contributed by atoms with Crippen LogP contribution in [-0.2, 0) is 41.3 Å². The van der Waals surface area contributed by atoms with Gasteiger partial charge in [-0.05, 0) is 138 Å². The van der Waals surface area contributed by atoms with Gasteiger partial charge >= 0.3 is 0 Å². The zero-order chi connectivity index (χ0) is 50.2. The summed E-state index contributed by atoms with van der Waals surface area (Å²) in [5.41, 5.74) is 4.89. The van der Waals surface area contributed by atoms with Crippen molar-refractivity contribution in [3.63, 3.8) is 0 Å². The smallest absolute Gasteiger partial charge is 0.127 e. The van der Waals surface area contributed by atoms with Crippen LogP contribution in [0.3, 0.4) is 0 Å². The van der Waals surface area contributed by atoms with Crippen LogP contribution in [0.4, 0.5) is 0 Å². The second kappa shape index (κ2) is 31.1. The molecule has 12 nitrogen and oxygen atoms in total. The molecular weight excluding hydrogens is 889 g/mol. The fourth-order valence-corrected chi connectivity index (χ4v) is 11.3. The summed E-state index contributed by atoms with van der Waals surface area (Å²) >= 11 is 0. The minimum absolute atomic E-state index is 0.0400. The molecule has 2 saturated carbocycles. The van der Waals surface area contributed by atoms with Gasteiger partial charge in [0.05, 0.1) is 92.5 Å². The highest BCUT2D eigenvalue weighted by Gasteiger charge is 2.48. The van der Waals surface area contributed by atoms with Crippen LogP contribution >= 0.6 is 0 Å². The highest BCUT2D eigenvalue weighted by Crippen LogP contribution is 2.57. The Morgan fingerprint density at radius 1 is 0.471 bits per heavy atom. The van der Waals surface area contributed by atoms with Crippen LogP contribution < -0.4 is 18.9 Å². The molecule has 2 aromatic rings. The highest BCUT2D eigenvalue weighted by atomic mass is 16.6. The number of aliphatic hydroxyl groups is 2. The molecule has 0 aromatic heterocycles. The van der Waals surface area contributed by atoms with Crippen LogP contribution in [0.25, 0.3) is 0 Å². The summed E-state index contributed by atoms with van der Waals surface area (Å²) in [6, 6.07) is 9.10. The molecule has 2 heterocycles. The fraction of sp³-hybridized carbons (Fsp3) is 0.793. The molecule has 0 bridgehead atoms. The standard InChI is InChI=1S/2C29H48O6/c2*1-5-6-7-8-23-20-26(34-18-17-33-16-15-32-14-13-31-12-11-30)28-24-19-22(2)9-10-25(24)29(3,4)35-27(28)21-23/h2*20-22,24-25,30H,5-19H2,1-4H3/t22-,24+,25+;22-,24-,25-/m01/s1. The van der Waals surface area contributed by atoms with Crippen molar-refractivity contribution in [3.8, 4) is 23.0 Å². The van der Waals surface area contributed by atoms with Gasteiger partial charge in [-0.1, -0.05) is 66.2 Å². The number of benzene rings is 2. The summed E-state index contributed by atoms with van der Waals surface area (Å²) < 4.78 is 58.9. The van der Waals surface area contributed by atoms with Crippen molar-refractivity contribution in [2.75, 3.05) is 106 Å². The zero-order valence-corrected chi connectivity index (χ0v) is 45.0. The Kier molecular flexibility index (Phi) is 25.9. The third-order valence-electron chi connectivity index (χ3n) is 14.9. The van der Waals surface area contributed by atoms with E-state index < -0.39 is 0 Å². The zero-order valence-electron chi connectivity index (χ0n) is 45.0. The Hall–Kier alpha value is -2.68. The van der Waals surface area contributed by atoms with Gasteiger partial charge in [-0.15, -0.1) is 0 Å². The Balaban J connectivity index is 0.000000261. The van der Waals surface area contributed by atoms with Crippen LogP contribution in [0, 0.1) is 23.7 Å². The van der Waals surface area contributed by atoms with Gasteiger partial charge in [-0.2, -0.15) is 0 Å². The first-order valence-electron chi connectivity index (χ1n) is 27.6. The lowest BCUT2D eigenvalue weighted by Crippen LogP contribution is -2.46. The van der Waals surface area contributed by atoms with E-state index in [4.69, 9.17) is 57.6 Å². The summed E-state index contributed by atoms with van der Waals surface area (Å²) in [5, 5.41) is 17.4. The Morgan fingerprint density at radius 2 is 0.814 bits per heavy atom. The van der Waals surface area contributed by atoms with Crippen LogP contribution in [0.15, 0.2) is 24.3 Å². The molecule has 2 aliphatic heterocycles. The van der Waals surface area contributed by atoms with Crippen LogP contribution in [0.1, 0.15) is 167 Å². The monoisotopic (exact) mass is 985 g/mol. The first-order chi connectivity index (χ1) is 33.9. The van der Waals surface area contributed by atoms with Crippen molar-refractivity contribution in [2.45, 2.75) is 168 Å². The number of aliphatic hydroxyl groups excluding tert-OH is 2. The lowest BCUT2D eigenvalue weighted by molar-refractivity contribution is -0.0158. The molecule has 70 heavy (non-hydrogen) atoms. The third-order valence-corrected chi connectivity index (χ3v) is 14.9. The fourth-order valence-electron chi connectivity index (χ4n) is 11.3. The summed E-state index contributed by atoms with van der Waals surface area (Å²) in [7, 11) is 0. The normalized spacial score (nSPS) is 22.8. The molecule has 6 atom stereocenters. The molecule has 0 unspecified atom stereocenters. The van der Waals surface area contributed by atoms with Crippen molar-refractivity contribution in [1.29, 1.82) is 0 Å². The third kappa shape index (κ3) is 18.4.